The van der Waals surface area contributed by atoms with Gasteiger partial charge in [0.2, 0.25) is 0 Å². The molecule has 0 aliphatic carbocycles. The van der Waals surface area contributed by atoms with Crippen LogP contribution in [0, 0.1) is 6.92 Å². The van der Waals surface area contributed by atoms with Crippen molar-refractivity contribution in [2.45, 2.75) is 17.7 Å². The zero-order valence-corrected chi connectivity index (χ0v) is 10.8. The second-order valence-electron chi connectivity index (χ2n) is 3.91. The third-order valence-corrected chi connectivity index (χ3v) is 3.61. The van der Waals surface area contributed by atoms with Crippen LogP contribution >= 0.6 is 11.8 Å². The molecule has 92 valence electrons. The number of carbonyl (C=O) groups is 1. The van der Waals surface area contributed by atoms with Gasteiger partial charge in [-0.25, -0.2) is 9.78 Å². The number of nitrogens with zero attached hydrogens (tertiary/aromatic N) is 1. The predicted octanol–water partition coefficient (Wildman–Crippen LogP) is 3.38. The summed E-state index contributed by atoms with van der Waals surface area (Å²) < 4.78 is 0. The number of hydrogen-bond donors (Lipinski definition) is 1. The molecule has 0 aliphatic heterocycles. The van der Waals surface area contributed by atoms with Gasteiger partial charge < -0.3 is 5.11 Å². The van der Waals surface area contributed by atoms with Crippen molar-refractivity contribution in [3.8, 4) is 0 Å². The van der Waals surface area contributed by atoms with E-state index in [9.17, 15) is 4.79 Å². The van der Waals surface area contributed by atoms with Crippen LogP contribution in [0.25, 0.3) is 0 Å². The van der Waals surface area contributed by atoms with Crippen molar-refractivity contribution in [3.63, 3.8) is 0 Å². The highest BCUT2D eigenvalue weighted by atomic mass is 32.2. The van der Waals surface area contributed by atoms with Gasteiger partial charge in [-0.05, 0) is 30.2 Å². The first-order chi connectivity index (χ1) is 8.66. The molecule has 0 aliphatic rings. The Morgan fingerprint density at radius 3 is 2.67 bits per heavy atom. The number of carboxylic acid groups (broad SMARTS) is 1. The van der Waals surface area contributed by atoms with Crippen molar-refractivity contribution in [1.29, 1.82) is 0 Å². The lowest BCUT2D eigenvalue weighted by molar-refractivity contribution is 0.0696. The van der Waals surface area contributed by atoms with Gasteiger partial charge in [0.1, 0.15) is 0 Å². The van der Waals surface area contributed by atoms with Crippen LogP contribution in [0.15, 0.2) is 47.6 Å². The summed E-state index contributed by atoms with van der Waals surface area (Å²) in [5.74, 6) is -0.107. The molecule has 0 atom stereocenters. The van der Waals surface area contributed by atoms with Gasteiger partial charge in [-0.2, -0.15) is 0 Å². The molecule has 3 nitrogen and oxygen atoms in total. The zero-order chi connectivity index (χ0) is 13.0. The quantitative estimate of drug-likeness (QED) is 0.855. The third kappa shape index (κ3) is 3.11. The summed E-state index contributed by atoms with van der Waals surface area (Å²) in [5.41, 5.74) is 2.74. The number of aromatic nitrogens is 1. The number of pyridine rings is 1. The minimum Gasteiger partial charge on any atom is -0.478 e. The van der Waals surface area contributed by atoms with Crippen LogP contribution in [0.5, 0.6) is 0 Å². The highest BCUT2D eigenvalue weighted by molar-refractivity contribution is 7.98. The van der Waals surface area contributed by atoms with Crippen molar-refractivity contribution < 1.29 is 9.90 Å². The maximum Gasteiger partial charge on any atom is 0.337 e. The summed E-state index contributed by atoms with van der Waals surface area (Å²) in [6, 6.07) is 11.5. The number of thioether (sulfide) groups is 1. The Morgan fingerprint density at radius 2 is 2.06 bits per heavy atom. The Balaban J connectivity index is 2.02. The monoisotopic (exact) mass is 259 g/mol. The Kier molecular flexibility index (Phi) is 3.99. The van der Waals surface area contributed by atoms with Gasteiger partial charge in [0.25, 0.3) is 0 Å². The number of aryl methyl sites for hydroxylation is 1. The number of benzene rings is 1. The average molecular weight is 259 g/mol. The molecule has 1 N–H and O–H groups in total. The van der Waals surface area contributed by atoms with Crippen molar-refractivity contribution in [2.75, 3.05) is 0 Å². The van der Waals surface area contributed by atoms with Crippen LogP contribution in [0.2, 0.25) is 0 Å². The van der Waals surface area contributed by atoms with Crippen molar-refractivity contribution in [1.82, 2.24) is 4.98 Å². The largest absolute Gasteiger partial charge is 0.478 e. The van der Waals surface area contributed by atoms with Crippen molar-refractivity contribution >= 4 is 17.7 Å². The molecule has 2 rings (SSSR count). The molecule has 2 aromatic rings. The van der Waals surface area contributed by atoms with Crippen LogP contribution in [-0.2, 0) is 5.75 Å². The summed E-state index contributed by atoms with van der Waals surface area (Å²) in [7, 11) is 0. The summed E-state index contributed by atoms with van der Waals surface area (Å²) in [6.07, 6.45) is 1.39. The van der Waals surface area contributed by atoms with Gasteiger partial charge >= 0.3 is 5.97 Å². The second kappa shape index (κ2) is 5.69. The molecule has 4 heteroatoms. The first-order valence-electron chi connectivity index (χ1n) is 5.53. The van der Waals surface area contributed by atoms with E-state index in [0.717, 1.165) is 10.8 Å². The number of carboxylic acids is 1. The van der Waals surface area contributed by atoms with Crippen LogP contribution in [0.4, 0.5) is 0 Å². The predicted molar refractivity (Wildman–Crippen MR) is 71.9 cm³/mol. The molecule has 0 spiro atoms. The van der Waals surface area contributed by atoms with Gasteiger partial charge in [-0.3, -0.25) is 0 Å². The van der Waals surface area contributed by atoms with Gasteiger partial charge in [-0.1, -0.05) is 24.3 Å². The van der Waals surface area contributed by atoms with E-state index in [2.05, 4.69) is 24.0 Å². The molecular formula is C14H13NO2S. The first kappa shape index (κ1) is 12.6. The average Bonchev–Trinajstić information content (AvgIpc) is 2.38. The zero-order valence-electron chi connectivity index (χ0n) is 9.96. The van der Waals surface area contributed by atoms with Crippen molar-refractivity contribution in [2.24, 2.45) is 0 Å². The molecule has 18 heavy (non-hydrogen) atoms. The molecule has 0 fully saturated rings. The highest BCUT2D eigenvalue weighted by Gasteiger charge is 2.04. The minimum atomic E-state index is -0.946. The van der Waals surface area contributed by atoms with Gasteiger partial charge in [0.15, 0.2) is 0 Å². The number of rotatable bonds is 4. The lowest BCUT2D eigenvalue weighted by Crippen LogP contribution is -1.96. The molecule has 1 heterocycles. The van der Waals surface area contributed by atoms with E-state index in [0.29, 0.717) is 0 Å². The fraction of sp³-hybridized carbons (Fsp3) is 0.143. The fourth-order valence-corrected chi connectivity index (χ4v) is 2.43. The molecule has 1 aromatic heterocycles. The minimum absolute atomic E-state index is 0.218. The van der Waals surface area contributed by atoms with Crippen LogP contribution in [0.1, 0.15) is 21.5 Å². The van der Waals surface area contributed by atoms with Crippen molar-refractivity contribution in [3.05, 3.63) is 59.3 Å². The van der Waals surface area contributed by atoms with Crippen LogP contribution in [0.3, 0.4) is 0 Å². The summed E-state index contributed by atoms with van der Waals surface area (Å²) in [4.78, 5) is 14.8. The summed E-state index contributed by atoms with van der Waals surface area (Å²) in [6.45, 7) is 2.08. The maximum absolute atomic E-state index is 10.7. The van der Waals surface area contributed by atoms with Crippen LogP contribution in [-0.4, -0.2) is 16.1 Å². The Labute approximate surface area is 110 Å². The molecular weight excluding hydrogens is 246 g/mol. The Bertz CT molecular complexity index is 552. The smallest absolute Gasteiger partial charge is 0.337 e. The molecule has 0 saturated heterocycles. The van der Waals surface area contributed by atoms with E-state index in [-0.39, 0.29) is 5.56 Å². The van der Waals surface area contributed by atoms with E-state index in [1.54, 1.807) is 23.9 Å². The van der Waals surface area contributed by atoms with E-state index in [1.165, 1.54) is 17.3 Å². The van der Waals surface area contributed by atoms with E-state index in [4.69, 9.17) is 5.11 Å². The van der Waals surface area contributed by atoms with Gasteiger partial charge in [0.05, 0.1) is 10.6 Å². The topological polar surface area (TPSA) is 50.2 Å². The van der Waals surface area contributed by atoms with Gasteiger partial charge in [0, 0.05) is 11.9 Å². The first-order valence-corrected chi connectivity index (χ1v) is 6.52. The normalized spacial score (nSPS) is 10.3. The van der Waals surface area contributed by atoms with E-state index >= 15 is 0 Å². The standard InChI is InChI=1S/C14H13NO2S/c1-10-4-2-3-5-12(10)9-18-13-7-6-11(8-15-13)14(16)17/h2-8H,9H2,1H3,(H,16,17). The number of hydrogen-bond acceptors (Lipinski definition) is 3. The lowest BCUT2D eigenvalue weighted by Gasteiger charge is -2.04. The van der Waals surface area contributed by atoms with Crippen LogP contribution < -0.4 is 0 Å². The molecule has 0 unspecified atom stereocenters. The Hall–Kier alpha value is -1.81. The SMILES string of the molecule is Cc1ccccc1CSc1ccc(C(=O)O)cn1. The molecule has 1 aromatic carbocycles. The number of aromatic carboxylic acids is 1. The third-order valence-electron chi connectivity index (χ3n) is 2.62. The van der Waals surface area contributed by atoms with Gasteiger partial charge in [-0.15, -0.1) is 11.8 Å². The second-order valence-corrected chi connectivity index (χ2v) is 4.90. The Morgan fingerprint density at radius 1 is 1.28 bits per heavy atom. The fourth-order valence-electron chi connectivity index (χ4n) is 1.52. The molecule has 0 saturated carbocycles. The maximum atomic E-state index is 10.7. The summed E-state index contributed by atoms with van der Waals surface area (Å²) >= 11 is 1.60. The summed E-state index contributed by atoms with van der Waals surface area (Å²) in [5, 5.41) is 9.61. The molecule has 0 amide bonds. The lowest BCUT2D eigenvalue weighted by atomic mass is 10.1. The van der Waals surface area contributed by atoms with E-state index in [1.807, 2.05) is 12.1 Å². The highest BCUT2D eigenvalue weighted by Crippen LogP contribution is 2.22. The molecule has 0 radical (unpaired) electrons. The molecule has 0 bridgehead atoms. The van der Waals surface area contributed by atoms with E-state index < -0.39 is 5.97 Å².